The maximum atomic E-state index is 12.3. The molecule has 1 unspecified atom stereocenters. The second kappa shape index (κ2) is 6.98. The second-order valence-corrected chi connectivity index (χ2v) is 7.33. The summed E-state index contributed by atoms with van der Waals surface area (Å²) in [5.41, 5.74) is 1.82. The highest BCUT2D eigenvalue weighted by molar-refractivity contribution is 7.89. The van der Waals surface area contributed by atoms with Crippen LogP contribution in [0.3, 0.4) is 0 Å². The highest BCUT2D eigenvalue weighted by atomic mass is 32.2. The molecule has 23 heavy (non-hydrogen) atoms. The predicted octanol–water partition coefficient (Wildman–Crippen LogP) is 1.02. The van der Waals surface area contributed by atoms with E-state index in [0.717, 1.165) is 18.7 Å². The lowest BCUT2D eigenvalue weighted by atomic mass is 10.1. The third-order valence-electron chi connectivity index (χ3n) is 3.66. The molecule has 7 nitrogen and oxygen atoms in total. The van der Waals surface area contributed by atoms with E-state index in [0.29, 0.717) is 11.3 Å². The fraction of sp³-hybridized carbons (Fsp3) is 0.467. The highest BCUT2D eigenvalue weighted by Gasteiger charge is 2.34. The quantitative estimate of drug-likeness (QED) is 0.804. The maximum absolute atomic E-state index is 12.3. The van der Waals surface area contributed by atoms with Gasteiger partial charge in [0, 0.05) is 25.4 Å². The average molecular weight is 336 g/mol. The lowest BCUT2D eigenvalue weighted by Crippen LogP contribution is -2.28. The van der Waals surface area contributed by atoms with E-state index in [9.17, 15) is 13.2 Å². The molecule has 1 aromatic carbocycles. The maximum Gasteiger partial charge on any atom is 0.227 e. The van der Waals surface area contributed by atoms with Crippen molar-refractivity contribution in [1.82, 2.24) is 0 Å². The molecule has 1 fully saturated rings. The number of sulfonamides is 1. The molecule has 3 N–H and O–H groups in total. The van der Waals surface area contributed by atoms with Crippen LogP contribution >= 0.6 is 0 Å². The van der Waals surface area contributed by atoms with E-state index in [-0.39, 0.29) is 30.5 Å². The van der Waals surface area contributed by atoms with Crippen molar-refractivity contribution >= 4 is 27.3 Å². The van der Waals surface area contributed by atoms with E-state index in [2.05, 4.69) is 11.4 Å². The van der Waals surface area contributed by atoms with Crippen molar-refractivity contribution in [3.05, 3.63) is 23.8 Å². The van der Waals surface area contributed by atoms with Gasteiger partial charge in [-0.25, -0.2) is 13.6 Å². The first kappa shape index (κ1) is 17.2. The molecule has 1 aliphatic rings. The molecule has 0 bridgehead atoms. The minimum absolute atomic E-state index is 0.139. The molecular weight excluding hydrogens is 316 g/mol. The molecule has 1 saturated heterocycles. The van der Waals surface area contributed by atoms with Crippen molar-refractivity contribution in [2.45, 2.75) is 19.8 Å². The summed E-state index contributed by atoms with van der Waals surface area (Å²) in [5.74, 6) is -0.708. The van der Waals surface area contributed by atoms with Crippen molar-refractivity contribution in [2.24, 2.45) is 11.1 Å². The summed E-state index contributed by atoms with van der Waals surface area (Å²) < 4.78 is 22.5. The van der Waals surface area contributed by atoms with Gasteiger partial charge in [0.1, 0.15) is 0 Å². The van der Waals surface area contributed by atoms with Gasteiger partial charge >= 0.3 is 0 Å². The Morgan fingerprint density at radius 1 is 1.48 bits per heavy atom. The Kier molecular flexibility index (Phi) is 5.23. The van der Waals surface area contributed by atoms with Crippen LogP contribution in [0.5, 0.6) is 0 Å². The van der Waals surface area contributed by atoms with E-state index in [1.807, 2.05) is 6.92 Å². The topological polar surface area (TPSA) is 116 Å². The Morgan fingerprint density at radius 3 is 2.83 bits per heavy atom. The van der Waals surface area contributed by atoms with Crippen molar-refractivity contribution < 1.29 is 13.2 Å². The number of amides is 1. The van der Waals surface area contributed by atoms with Gasteiger partial charge in [-0.3, -0.25) is 4.79 Å². The van der Waals surface area contributed by atoms with Gasteiger partial charge in [-0.2, -0.15) is 5.26 Å². The fourth-order valence-electron chi connectivity index (χ4n) is 2.69. The molecule has 1 aromatic rings. The van der Waals surface area contributed by atoms with Gasteiger partial charge in [0.25, 0.3) is 0 Å². The first-order valence-corrected chi connectivity index (χ1v) is 9.14. The number of hydrogen-bond donors (Lipinski definition) is 2. The number of rotatable bonds is 6. The van der Waals surface area contributed by atoms with Crippen LogP contribution < -0.4 is 15.4 Å². The van der Waals surface area contributed by atoms with Crippen LogP contribution in [-0.2, 0) is 14.8 Å². The number of primary sulfonamides is 1. The first-order valence-electron chi connectivity index (χ1n) is 7.43. The number of nitrogens with one attached hydrogen (secondary N) is 1. The van der Waals surface area contributed by atoms with E-state index in [4.69, 9.17) is 10.4 Å². The van der Waals surface area contributed by atoms with Gasteiger partial charge < -0.3 is 10.2 Å². The molecule has 8 heteroatoms. The Balaban J connectivity index is 2.29. The summed E-state index contributed by atoms with van der Waals surface area (Å²) in [5, 5.41) is 17.4. The number of hydrogen-bond acceptors (Lipinski definition) is 5. The third-order valence-corrected chi connectivity index (χ3v) is 4.59. The number of benzene rings is 1. The van der Waals surface area contributed by atoms with Crippen molar-refractivity contribution in [2.75, 3.05) is 29.1 Å². The number of carbonyl (C=O) groups excluding carboxylic acids is 1. The SMILES string of the molecule is CCCNc1ccc(C#N)cc1N1CC(CS(N)(=O)=O)CC1=O. The Hall–Kier alpha value is -2.11. The zero-order valence-corrected chi connectivity index (χ0v) is 13.8. The largest absolute Gasteiger partial charge is 0.383 e. The average Bonchev–Trinajstić information content (AvgIpc) is 2.83. The smallest absolute Gasteiger partial charge is 0.227 e. The molecule has 1 amide bonds. The molecule has 0 aliphatic carbocycles. The van der Waals surface area contributed by atoms with Crippen LogP contribution in [0.25, 0.3) is 0 Å². The van der Waals surface area contributed by atoms with Gasteiger partial charge in [0.2, 0.25) is 15.9 Å². The van der Waals surface area contributed by atoms with Gasteiger partial charge in [-0.1, -0.05) is 6.92 Å². The number of carbonyl (C=O) groups is 1. The Bertz CT molecular complexity index is 740. The van der Waals surface area contributed by atoms with Crippen LogP contribution in [0.1, 0.15) is 25.3 Å². The first-order chi connectivity index (χ1) is 10.8. The molecule has 1 heterocycles. The van der Waals surface area contributed by atoms with Gasteiger partial charge in [0.05, 0.1) is 28.8 Å². The summed E-state index contributed by atoms with van der Waals surface area (Å²) >= 11 is 0. The molecule has 0 saturated carbocycles. The third kappa shape index (κ3) is 4.43. The van der Waals surface area contributed by atoms with Crippen LogP contribution in [0, 0.1) is 17.2 Å². The molecule has 1 atom stereocenters. The van der Waals surface area contributed by atoms with Crippen LogP contribution in [0.2, 0.25) is 0 Å². The van der Waals surface area contributed by atoms with E-state index >= 15 is 0 Å². The van der Waals surface area contributed by atoms with Crippen LogP contribution in [0.4, 0.5) is 11.4 Å². The number of nitriles is 1. The standard InChI is InChI=1S/C15H20N4O3S/c1-2-5-18-13-4-3-11(8-16)6-14(13)19-9-12(7-15(19)20)10-23(17,21)22/h3-4,6,12,18H,2,5,7,9-10H2,1H3,(H2,17,21,22). The van der Waals surface area contributed by atoms with Crippen molar-refractivity contribution in [3.8, 4) is 6.07 Å². The molecule has 1 aliphatic heterocycles. The summed E-state index contributed by atoms with van der Waals surface area (Å²) in [6, 6.07) is 7.16. The van der Waals surface area contributed by atoms with Gasteiger partial charge in [0.15, 0.2) is 0 Å². The lowest BCUT2D eigenvalue weighted by molar-refractivity contribution is -0.117. The van der Waals surface area contributed by atoms with E-state index in [1.165, 1.54) is 4.90 Å². The molecule has 0 radical (unpaired) electrons. The monoisotopic (exact) mass is 336 g/mol. The fourth-order valence-corrected chi connectivity index (χ4v) is 3.57. The molecule has 0 aromatic heterocycles. The summed E-state index contributed by atoms with van der Waals surface area (Å²) in [6.07, 6.45) is 1.06. The number of nitrogens with zero attached hydrogens (tertiary/aromatic N) is 2. The summed E-state index contributed by atoms with van der Waals surface area (Å²) in [4.78, 5) is 13.8. The lowest BCUT2D eigenvalue weighted by Gasteiger charge is -2.21. The van der Waals surface area contributed by atoms with Crippen molar-refractivity contribution in [1.29, 1.82) is 5.26 Å². The van der Waals surface area contributed by atoms with Gasteiger partial charge in [-0.05, 0) is 24.6 Å². The summed E-state index contributed by atoms with van der Waals surface area (Å²) in [6.45, 7) is 3.05. The zero-order valence-electron chi connectivity index (χ0n) is 12.9. The minimum atomic E-state index is -3.62. The number of anilines is 2. The molecular formula is C15H20N4O3S. The molecule has 124 valence electrons. The Labute approximate surface area is 136 Å². The molecule has 2 rings (SSSR count). The predicted molar refractivity (Wildman–Crippen MR) is 88.4 cm³/mol. The van der Waals surface area contributed by atoms with Gasteiger partial charge in [-0.15, -0.1) is 0 Å². The van der Waals surface area contributed by atoms with Crippen LogP contribution in [-0.4, -0.2) is 33.2 Å². The summed E-state index contributed by atoms with van der Waals surface area (Å²) in [7, 11) is -3.62. The van der Waals surface area contributed by atoms with E-state index in [1.54, 1.807) is 18.2 Å². The Morgan fingerprint density at radius 2 is 2.22 bits per heavy atom. The second-order valence-electron chi connectivity index (χ2n) is 5.67. The van der Waals surface area contributed by atoms with E-state index < -0.39 is 10.0 Å². The normalized spacial score (nSPS) is 18.0. The zero-order chi connectivity index (χ0) is 17.0. The van der Waals surface area contributed by atoms with Crippen LogP contribution in [0.15, 0.2) is 18.2 Å². The van der Waals surface area contributed by atoms with Crippen molar-refractivity contribution in [3.63, 3.8) is 0 Å². The number of nitrogens with two attached hydrogens (primary N) is 1. The highest BCUT2D eigenvalue weighted by Crippen LogP contribution is 2.32. The minimum Gasteiger partial charge on any atom is -0.383 e. The molecule has 0 spiro atoms.